The number of hydrogen-bond acceptors (Lipinski definition) is 9. The fourth-order valence-corrected chi connectivity index (χ4v) is 2.88. The summed E-state index contributed by atoms with van der Waals surface area (Å²) in [6.45, 7) is -0.191. The third kappa shape index (κ3) is 4.18. The van der Waals surface area contributed by atoms with E-state index in [4.69, 9.17) is 9.26 Å². The Morgan fingerprint density at radius 3 is 2.59 bits per heavy atom. The molecule has 138 valence electrons. The molecule has 0 saturated heterocycles. The molecule has 0 unspecified atom stereocenters. The van der Waals surface area contributed by atoms with E-state index < -0.39 is 22.5 Å². The number of nitro benzene ring substituents is 1. The van der Waals surface area contributed by atoms with E-state index >= 15 is 0 Å². The van der Waals surface area contributed by atoms with Crippen LogP contribution in [0.15, 0.2) is 46.3 Å². The fourth-order valence-electron chi connectivity index (χ4n) is 2.21. The summed E-state index contributed by atoms with van der Waals surface area (Å²) >= 11 is 1.47. The van der Waals surface area contributed by atoms with Gasteiger partial charge in [-0.15, -0.1) is 11.3 Å². The van der Waals surface area contributed by atoms with Crippen molar-refractivity contribution in [3.05, 3.63) is 68.7 Å². The minimum absolute atomic E-state index is 0.125. The normalized spacial score (nSPS) is 10.4. The first-order chi connectivity index (χ1) is 13.0. The second-order valence-corrected chi connectivity index (χ2v) is 6.20. The number of esters is 2. The fraction of sp³-hybridized carbons (Fsp3) is 0.118. The average molecular weight is 388 g/mol. The molecule has 9 nitrogen and oxygen atoms in total. The lowest BCUT2D eigenvalue weighted by Crippen LogP contribution is -2.09. The van der Waals surface area contributed by atoms with Gasteiger partial charge in [-0.1, -0.05) is 11.2 Å². The van der Waals surface area contributed by atoms with E-state index in [0.717, 1.165) is 24.1 Å². The number of rotatable bonds is 6. The summed E-state index contributed by atoms with van der Waals surface area (Å²) in [4.78, 5) is 35.1. The van der Waals surface area contributed by atoms with E-state index in [9.17, 15) is 19.7 Å². The summed E-state index contributed by atoms with van der Waals surface area (Å²) in [6, 6.07) is 8.57. The van der Waals surface area contributed by atoms with Gasteiger partial charge in [-0.05, 0) is 17.5 Å². The molecule has 0 aliphatic carbocycles. The maximum Gasteiger partial charge on any atom is 0.338 e. The first kappa shape index (κ1) is 18.3. The van der Waals surface area contributed by atoms with Crippen molar-refractivity contribution in [1.82, 2.24) is 5.16 Å². The summed E-state index contributed by atoms with van der Waals surface area (Å²) in [5, 5.41) is 16.7. The quantitative estimate of drug-likeness (QED) is 0.357. The van der Waals surface area contributed by atoms with Crippen LogP contribution in [0, 0.1) is 10.1 Å². The van der Waals surface area contributed by atoms with Crippen LogP contribution in [0.3, 0.4) is 0 Å². The standard InChI is InChI=1S/C17H12N2O7S/c1-24-16(20)10-5-11(7-13(6-10)19(22)23)17(21)25-9-12-8-14(26-18-12)15-3-2-4-27-15/h2-8H,9H2,1H3. The summed E-state index contributed by atoms with van der Waals surface area (Å²) in [5.41, 5.74) is -0.316. The van der Waals surface area contributed by atoms with Crippen LogP contribution in [-0.4, -0.2) is 29.1 Å². The van der Waals surface area contributed by atoms with Crippen LogP contribution in [0.2, 0.25) is 0 Å². The Morgan fingerprint density at radius 1 is 1.22 bits per heavy atom. The molecule has 0 spiro atoms. The minimum atomic E-state index is -0.843. The van der Waals surface area contributed by atoms with Gasteiger partial charge in [0, 0.05) is 18.2 Å². The average Bonchev–Trinajstić information content (AvgIpc) is 3.36. The molecule has 0 fully saturated rings. The van der Waals surface area contributed by atoms with Crippen molar-refractivity contribution >= 4 is 29.0 Å². The second-order valence-electron chi connectivity index (χ2n) is 5.25. The Balaban J connectivity index is 1.75. The Kier molecular flexibility index (Phi) is 5.27. The molecule has 1 aromatic carbocycles. The van der Waals surface area contributed by atoms with Gasteiger partial charge in [-0.3, -0.25) is 10.1 Å². The second kappa shape index (κ2) is 7.79. The maximum atomic E-state index is 12.2. The molecule has 2 heterocycles. The van der Waals surface area contributed by atoms with E-state index in [1.54, 1.807) is 6.07 Å². The molecular formula is C17H12N2O7S. The first-order valence-corrected chi connectivity index (χ1v) is 8.40. The zero-order chi connectivity index (χ0) is 19.4. The van der Waals surface area contributed by atoms with Gasteiger partial charge in [0.05, 0.1) is 28.0 Å². The van der Waals surface area contributed by atoms with Gasteiger partial charge in [-0.25, -0.2) is 9.59 Å². The van der Waals surface area contributed by atoms with Crippen LogP contribution in [0.5, 0.6) is 0 Å². The number of ether oxygens (including phenoxy) is 2. The number of methoxy groups -OCH3 is 1. The minimum Gasteiger partial charge on any atom is -0.465 e. The third-order valence-electron chi connectivity index (χ3n) is 3.46. The number of carbonyl (C=O) groups excluding carboxylic acids is 2. The number of aromatic nitrogens is 1. The number of benzene rings is 1. The zero-order valence-electron chi connectivity index (χ0n) is 13.9. The molecule has 0 N–H and O–H groups in total. The van der Waals surface area contributed by atoms with Crippen LogP contribution in [0.25, 0.3) is 10.6 Å². The van der Waals surface area contributed by atoms with Crippen LogP contribution in [-0.2, 0) is 16.1 Å². The van der Waals surface area contributed by atoms with Gasteiger partial charge in [0.2, 0.25) is 0 Å². The van der Waals surface area contributed by atoms with E-state index in [2.05, 4.69) is 9.89 Å². The summed E-state index contributed by atoms with van der Waals surface area (Å²) in [5.74, 6) is -1.10. The number of thiophene rings is 1. The van der Waals surface area contributed by atoms with Gasteiger partial charge in [0.15, 0.2) is 5.76 Å². The Labute approximate surface area is 156 Å². The summed E-state index contributed by atoms with van der Waals surface area (Å²) in [6.07, 6.45) is 0. The van der Waals surface area contributed by atoms with Gasteiger partial charge in [-0.2, -0.15) is 0 Å². The predicted octanol–water partition coefficient (Wildman–Crippen LogP) is 3.45. The molecule has 0 saturated carbocycles. The molecule has 0 atom stereocenters. The van der Waals surface area contributed by atoms with Crippen molar-refractivity contribution < 1.29 is 28.5 Å². The number of non-ortho nitro benzene ring substituents is 1. The highest BCUT2D eigenvalue weighted by Crippen LogP contribution is 2.25. The highest BCUT2D eigenvalue weighted by atomic mass is 32.1. The first-order valence-electron chi connectivity index (χ1n) is 7.52. The molecule has 3 aromatic rings. The molecule has 0 radical (unpaired) electrons. The molecule has 10 heteroatoms. The molecule has 3 rings (SSSR count). The molecule has 0 aliphatic rings. The van der Waals surface area contributed by atoms with E-state index in [-0.39, 0.29) is 17.7 Å². The van der Waals surface area contributed by atoms with Crippen LogP contribution >= 0.6 is 11.3 Å². The third-order valence-corrected chi connectivity index (χ3v) is 4.34. The van der Waals surface area contributed by atoms with Gasteiger partial charge < -0.3 is 14.0 Å². The van der Waals surface area contributed by atoms with Gasteiger partial charge in [0.1, 0.15) is 12.3 Å². The lowest BCUT2D eigenvalue weighted by atomic mass is 10.1. The molecule has 2 aromatic heterocycles. The van der Waals surface area contributed by atoms with Crippen molar-refractivity contribution in [2.24, 2.45) is 0 Å². The maximum absolute atomic E-state index is 12.2. The van der Waals surface area contributed by atoms with Crippen LogP contribution < -0.4 is 0 Å². The highest BCUT2D eigenvalue weighted by molar-refractivity contribution is 7.13. The van der Waals surface area contributed by atoms with Gasteiger partial charge in [0.25, 0.3) is 5.69 Å². The lowest BCUT2D eigenvalue weighted by Gasteiger charge is -2.05. The summed E-state index contributed by atoms with van der Waals surface area (Å²) < 4.78 is 14.8. The van der Waals surface area contributed by atoms with Gasteiger partial charge >= 0.3 is 11.9 Å². The summed E-state index contributed by atoms with van der Waals surface area (Å²) in [7, 11) is 1.13. The lowest BCUT2D eigenvalue weighted by molar-refractivity contribution is -0.384. The van der Waals surface area contributed by atoms with Crippen molar-refractivity contribution in [2.45, 2.75) is 6.61 Å². The Bertz CT molecular complexity index is 995. The largest absolute Gasteiger partial charge is 0.465 e. The highest BCUT2D eigenvalue weighted by Gasteiger charge is 2.19. The molecule has 0 aliphatic heterocycles. The van der Waals surface area contributed by atoms with Crippen molar-refractivity contribution in [2.75, 3.05) is 7.11 Å². The molecule has 27 heavy (non-hydrogen) atoms. The zero-order valence-corrected chi connectivity index (χ0v) is 14.7. The van der Waals surface area contributed by atoms with E-state index in [0.29, 0.717) is 11.5 Å². The number of nitrogens with zero attached hydrogens (tertiary/aromatic N) is 2. The molecule has 0 bridgehead atoms. The Hall–Kier alpha value is -3.53. The van der Waals surface area contributed by atoms with E-state index in [1.807, 2.05) is 17.5 Å². The van der Waals surface area contributed by atoms with Crippen molar-refractivity contribution in [3.8, 4) is 10.6 Å². The Morgan fingerprint density at radius 2 is 1.96 bits per heavy atom. The van der Waals surface area contributed by atoms with Crippen molar-refractivity contribution in [1.29, 1.82) is 0 Å². The number of nitro groups is 1. The van der Waals surface area contributed by atoms with E-state index in [1.165, 1.54) is 17.4 Å². The predicted molar refractivity (Wildman–Crippen MR) is 93.4 cm³/mol. The van der Waals surface area contributed by atoms with Crippen LogP contribution in [0.4, 0.5) is 5.69 Å². The number of hydrogen-bond donors (Lipinski definition) is 0. The topological polar surface area (TPSA) is 122 Å². The van der Waals surface area contributed by atoms with Crippen LogP contribution in [0.1, 0.15) is 26.4 Å². The monoisotopic (exact) mass is 388 g/mol. The van der Waals surface area contributed by atoms with Crippen molar-refractivity contribution in [3.63, 3.8) is 0 Å². The molecular weight excluding hydrogens is 376 g/mol. The smallest absolute Gasteiger partial charge is 0.338 e. The molecule has 0 amide bonds. The SMILES string of the molecule is COC(=O)c1cc(C(=O)OCc2cc(-c3cccs3)on2)cc([N+](=O)[O-])c1. The number of carbonyl (C=O) groups is 2.